The van der Waals surface area contributed by atoms with Crippen LogP contribution in [0.2, 0.25) is 0 Å². The minimum absolute atomic E-state index is 0.162. The standard InChI is InChI=1S/C12H15NO3/c1-3-4-5-10-6-7-11(13-8-10)12(15)16-9(2)14/h6-8H,3-5H2,1-2H3. The van der Waals surface area contributed by atoms with E-state index in [1.54, 1.807) is 12.3 Å². The van der Waals surface area contributed by atoms with Crippen LogP contribution in [0, 0.1) is 0 Å². The fourth-order valence-corrected chi connectivity index (χ4v) is 1.26. The Hall–Kier alpha value is -1.71. The lowest BCUT2D eigenvalue weighted by Crippen LogP contribution is -2.10. The summed E-state index contributed by atoms with van der Waals surface area (Å²) in [5.41, 5.74) is 1.25. The Kier molecular flexibility index (Phi) is 4.64. The van der Waals surface area contributed by atoms with Gasteiger partial charge >= 0.3 is 11.9 Å². The monoisotopic (exact) mass is 221 g/mol. The largest absolute Gasteiger partial charge is 0.388 e. The predicted molar refractivity (Wildman–Crippen MR) is 58.9 cm³/mol. The number of hydrogen-bond acceptors (Lipinski definition) is 4. The molecule has 0 amide bonds. The number of aryl methyl sites for hydroxylation is 1. The Bertz CT molecular complexity index is 370. The van der Waals surface area contributed by atoms with Crippen molar-refractivity contribution in [2.45, 2.75) is 33.1 Å². The van der Waals surface area contributed by atoms with Crippen LogP contribution in [0.5, 0.6) is 0 Å². The van der Waals surface area contributed by atoms with Crippen LogP contribution in [-0.2, 0) is 16.0 Å². The molecule has 0 saturated heterocycles. The molecule has 1 rings (SSSR count). The van der Waals surface area contributed by atoms with Gasteiger partial charge in [-0.25, -0.2) is 9.78 Å². The number of carbonyl (C=O) groups is 2. The van der Waals surface area contributed by atoms with Gasteiger partial charge in [0.25, 0.3) is 0 Å². The molecule has 4 heteroatoms. The van der Waals surface area contributed by atoms with Gasteiger partial charge in [0.2, 0.25) is 0 Å². The van der Waals surface area contributed by atoms with Crippen LogP contribution in [0.25, 0.3) is 0 Å². The van der Waals surface area contributed by atoms with Crippen molar-refractivity contribution >= 4 is 11.9 Å². The summed E-state index contributed by atoms with van der Waals surface area (Å²) in [5, 5.41) is 0. The molecule has 1 aromatic heterocycles. The number of unbranched alkanes of at least 4 members (excludes halogenated alkanes) is 1. The number of esters is 2. The van der Waals surface area contributed by atoms with Crippen molar-refractivity contribution in [2.75, 3.05) is 0 Å². The first-order valence-corrected chi connectivity index (χ1v) is 5.31. The van der Waals surface area contributed by atoms with Gasteiger partial charge in [0.15, 0.2) is 0 Å². The highest BCUT2D eigenvalue weighted by Crippen LogP contribution is 2.06. The van der Waals surface area contributed by atoms with E-state index in [2.05, 4.69) is 16.6 Å². The second kappa shape index (κ2) is 6.00. The molecule has 0 bridgehead atoms. The van der Waals surface area contributed by atoms with Gasteiger partial charge in [0.1, 0.15) is 5.69 Å². The first kappa shape index (κ1) is 12.4. The molecule has 0 aliphatic heterocycles. The van der Waals surface area contributed by atoms with E-state index in [-0.39, 0.29) is 5.69 Å². The van der Waals surface area contributed by atoms with Crippen LogP contribution >= 0.6 is 0 Å². The lowest BCUT2D eigenvalue weighted by atomic mass is 10.1. The van der Waals surface area contributed by atoms with Crippen LogP contribution in [0.1, 0.15) is 42.7 Å². The number of ether oxygens (including phenoxy) is 1. The van der Waals surface area contributed by atoms with E-state index in [1.165, 1.54) is 6.92 Å². The number of pyridine rings is 1. The number of carbonyl (C=O) groups excluding carboxylic acids is 2. The summed E-state index contributed by atoms with van der Waals surface area (Å²) >= 11 is 0. The van der Waals surface area contributed by atoms with Crippen molar-refractivity contribution in [1.29, 1.82) is 0 Å². The maximum atomic E-state index is 11.3. The van der Waals surface area contributed by atoms with Crippen LogP contribution < -0.4 is 0 Å². The molecule has 86 valence electrons. The Morgan fingerprint density at radius 3 is 2.62 bits per heavy atom. The number of hydrogen-bond donors (Lipinski definition) is 0. The van der Waals surface area contributed by atoms with Gasteiger partial charge in [-0.3, -0.25) is 4.79 Å². The first-order valence-electron chi connectivity index (χ1n) is 5.31. The van der Waals surface area contributed by atoms with Gasteiger partial charge in [-0.2, -0.15) is 0 Å². The number of rotatable bonds is 4. The Morgan fingerprint density at radius 1 is 1.38 bits per heavy atom. The van der Waals surface area contributed by atoms with Crippen molar-refractivity contribution in [3.05, 3.63) is 29.6 Å². The molecule has 0 radical (unpaired) electrons. The topological polar surface area (TPSA) is 56.3 Å². The summed E-state index contributed by atoms with van der Waals surface area (Å²) in [4.78, 5) is 25.8. The molecule has 0 saturated carbocycles. The maximum absolute atomic E-state index is 11.3. The highest BCUT2D eigenvalue weighted by atomic mass is 16.6. The average Bonchev–Trinajstić information content (AvgIpc) is 2.26. The zero-order valence-electron chi connectivity index (χ0n) is 9.53. The Labute approximate surface area is 94.6 Å². The second-order valence-electron chi connectivity index (χ2n) is 3.54. The summed E-state index contributed by atoms with van der Waals surface area (Å²) in [5.74, 6) is -1.32. The molecule has 0 unspecified atom stereocenters. The summed E-state index contributed by atoms with van der Waals surface area (Å²) in [6.07, 6.45) is 4.81. The zero-order chi connectivity index (χ0) is 12.0. The number of nitrogens with zero attached hydrogens (tertiary/aromatic N) is 1. The van der Waals surface area contributed by atoms with Gasteiger partial charge in [-0.15, -0.1) is 0 Å². The number of aromatic nitrogens is 1. The summed E-state index contributed by atoms with van der Waals surface area (Å²) in [6.45, 7) is 3.31. The van der Waals surface area contributed by atoms with E-state index in [9.17, 15) is 9.59 Å². The highest BCUT2D eigenvalue weighted by Gasteiger charge is 2.10. The SMILES string of the molecule is CCCCc1ccc(C(=O)OC(C)=O)nc1. The fraction of sp³-hybridized carbons (Fsp3) is 0.417. The highest BCUT2D eigenvalue weighted by molar-refractivity contribution is 5.94. The molecule has 0 aromatic carbocycles. The van der Waals surface area contributed by atoms with Gasteiger partial charge in [-0.1, -0.05) is 19.4 Å². The van der Waals surface area contributed by atoms with Gasteiger partial charge in [0, 0.05) is 13.1 Å². The Morgan fingerprint density at radius 2 is 2.12 bits per heavy atom. The van der Waals surface area contributed by atoms with Crippen LogP contribution in [0.3, 0.4) is 0 Å². The van der Waals surface area contributed by atoms with Crippen LogP contribution in [-0.4, -0.2) is 16.9 Å². The summed E-state index contributed by atoms with van der Waals surface area (Å²) in [6, 6.07) is 3.41. The van der Waals surface area contributed by atoms with Crippen molar-refractivity contribution in [3.63, 3.8) is 0 Å². The third-order valence-corrected chi connectivity index (χ3v) is 2.09. The third-order valence-electron chi connectivity index (χ3n) is 2.09. The predicted octanol–water partition coefficient (Wildman–Crippen LogP) is 2.13. The van der Waals surface area contributed by atoms with Gasteiger partial charge in [0.05, 0.1) is 0 Å². The molecule has 0 fully saturated rings. The van der Waals surface area contributed by atoms with E-state index in [0.717, 1.165) is 24.8 Å². The average molecular weight is 221 g/mol. The van der Waals surface area contributed by atoms with E-state index in [1.807, 2.05) is 6.07 Å². The van der Waals surface area contributed by atoms with E-state index in [0.29, 0.717) is 0 Å². The third kappa shape index (κ3) is 3.81. The maximum Gasteiger partial charge on any atom is 0.364 e. The molecular formula is C12H15NO3. The van der Waals surface area contributed by atoms with Crippen LogP contribution in [0.4, 0.5) is 0 Å². The lowest BCUT2D eigenvalue weighted by molar-refractivity contribution is -0.135. The Balaban J connectivity index is 2.63. The van der Waals surface area contributed by atoms with Crippen molar-refractivity contribution in [3.8, 4) is 0 Å². The van der Waals surface area contributed by atoms with Crippen molar-refractivity contribution in [2.24, 2.45) is 0 Å². The molecular weight excluding hydrogens is 206 g/mol. The lowest BCUT2D eigenvalue weighted by Gasteiger charge is -2.01. The molecule has 0 spiro atoms. The molecule has 1 heterocycles. The van der Waals surface area contributed by atoms with E-state index in [4.69, 9.17) is 0 Å². The van der Waals surface area contributed by atoms with Crippen molar-refractivity contribution in [1.82, 2.24) is 4.98 Å². The smallest absolute Gasteiger partial charge is 0.364 e. The van der Waals surface area contributed by atoms with Crippen molar-refractivity contribution < 1.29 is 14.3 Å². The summed E-state index contributed by atoms with van der Waals surface area (Å²) < 4.78 is 4.42. The fourth-order valence-electron chi connectivity index (χ4n) is 1.26. The van der Waals surface area contributed by atoms with E-state index < -0.39 is 11.9 Å². The van der Waals surface area contributed by atoms with Gasteiger partial charge in [-0.05, 0) is 24.5 Å². The minimum atomic E-state index is -0.699. The molecule has 16 heavy (non-hydrogen) atoms. The first-order chi connectivity index (χ1) is 7.63. The summed E-state index contributed by atoms with van der Waals surface area (Å²) in [7, 11) is 0. The molecule has 0 aliphatic rings. The zero-order valence-corrected chi connectivity index (χ0v) is 9.53. The molecule has 1 aromatic rings. The van der Waals surface area contributed by atoms with Crippen LogP contribution in [0.15, 0.2) is 18.3 Å². The second-order valence-corrected chi connectivity index (χ2v) is 3.54. The normalized spacial score (nSPS) is 9.88. The quantitative estimate of drug-likeness (QED) is 0.577. The molecule has 0 atom stereocenters. The molecule has 4 nitrogen and oxygen atoms in total. The van der Waals surface area contributed by atoms with E-state index >= 15 is 0 Å². The minimum Gasteiger partial charge on any atom is -0.388 e. The van der Waals surface area contributed by atoms with Gasteiger partial charge < -0.3 is 4.74 Å². The molecule has 0 N–H and O–H groups in total. The molecule has 0 aliphatic carbocycles.